The number of hydrogen-bond acceptors (Lipinski definition) is 5. The van der Waals surface area contributed by atoms with Gasteiger partial charge in [0.05, 0.1) is 12.0 Å². The first-order valence-corrected chi connectivity index (χ1v) is 15.8. The van der Waals surface area contributed by atoms with Crippen LogP contribution in [0.15, 0.2) is 29.3 Å². The summed E-state index contributed by atoms with van der Waals surface area (Å²) in [6, 6.07) is -1.58. The topological polar surface area (TPSA) is 181 Å². The number of aliphatic imine (C=N–C) groups is 1. The van der Waals surface area contributed by atoms with E-state index < -0.39 is 24.0 Å². The number of rotatable bonds is 19. The largest absolute Gasteiger partial charge is 0.370 e. The average molecular weight is 590 g/mol. The van der Waals surface area contributed by atoms with E-state index in [-0.39, 0.29) is 30.0 Å². The van der Waals surface area contributed by atoms with Gasteiger partial charge in [-0.1, -0.05) is 82.9 Å². The van der Waals surface area contributed by atoms with E-state index in [4.69, 9.17) is 11.5 Å². The highest BCUT2D eigenvalue weighted by Gasteiger charge is 2.26. The lowest BCUT2D eigenvalue weighted by atomic mass is 9.94. The molecule has 1 heterocycles. The van der Waals surface area contributed by atoms with Crippen LogP contribution in [-0.2, 0) is 14.4 Å². The fourth-order valence-electron chi connectivity index (χ4n) is 4.66. The van der Waals surface area contributed by atoms with Gasteiger partial charge >= 0.3 is 6.03 Å². The lowest BCUT2D eigenvalue weighted by Crippen LogP contribution is -2.47. The molecule has 3 atom stereocenters. The molecular weight excluding hydrogens is 534 g/mol. The van der Waals surface area contributed by atoms with Gasteiger partial charge in [0.25, 0.3) is 0 Å². The molecule has 238 valence electrons. The third-order valence-electron chi connectivity index (χ3n) is 7.10. The van der Waals surface area contributed by atoms with Crippen LogP contribution in [0.4, 0.5) is 4.79 Å². The first kappa shape index (κ1) is 36.7. The summed E-state index contributed by atoms with van der Waals surface area (Å²) in [6.45, 7) is 5.26. The maximum atomic E-state index is 13.4. The summed E-state index contributed by atoms with van der Waals surface area (Å²) < 4.78 is 0. The van der Waals surface area contributed by atoms with Crippen molar-refractivity contribution in [3.05, 3.63) is 24.3 Å². The number of unbranched alkanes of at least 4 members (excludes halogenated alkanes) is 9. The van der Waals surface area contributed by atoms with Crippen LogP contribution in [0.25, 0.3) is 0 Å². The lowest BCUT2D eigenvalue weighted by molar-refractivity contribution is -0.129. The van der Waals surface area contributed by atoms with Crippen molar-refractivity contribution in [1.82, 2.24) is 21.3 Å². The Morgan fingerprint density at radius 1 is 1.00 bits per heavy atom. The van der Waals surface area contributed by atoms with Gasteiger partial charge in [-0.05, 0) is 32.6 Å². The molecule has 0 aromatic rings. The van der Waals surface area contributed by atoms with Crippen molar-refractivity contribution in [3.63, 3.8) is 0 Å². The minimum atomic E-state index is -0.786. The number of nitrogens with one attached hydrogen (secondary N) is 4. The Balaban J connectivity index is 2.63. The van der Waals surface area contributed by atoms with E-state index in [2.05, 4.69) is 33.2 Å². The summed E-state index contributed by atoms with van der Waals surface area (Å²) in [5.41, 5.74) is 10.8. The molecule has 0 fully saturated rings. The highest BCUT2D eigenvalue weighted by molar-refractivity contribution is 5.93. The van der Waals surface area contributed by atoms with Crippen LogP contribution in [0, 0.1) is 5.92 Å². The first-order chi connectivity index (χ1) is 20.2. The van der Waals surface area contributed by atoms with E-state index in [1.807, 2.05) is 0 Å². The smallest absolute Gasteiger partial charge is 0.315 e. The zero-order chi connectivity index (χ0) is 31.0. The molecule has 0 radical (unpaired) electrons. The molecule has 0 spiro atoms. The molecule has 1 rings (SSSR count). The van der Waals surface area contributed by atoms with Crippen LogP contribution in [0.5, 0.6) is 0 Å². The number of urea groups is 1. The standard InChI is InChI=1S/C31H55N7O4/c1-3-4-5-6-7-8-9-10-11-13-21-36-31(42)38-26(17-15-22-35-30(32)33)27(39)23-25-16-12-14-20-34-28(40)19-18-24(2)37-29(25)41/h12,16,18-19,24-26H,3-11,13-15,17,20-23H2,1-2H3,(H,34,40)(H,37,41)(H4,32,33,35)(H2,36,38,42)/b16-12+,19-18+/t24-,25+,26?/m0/s1. The van der Waals surface area contributed by atoms with Gasteiger partial charge in [-0.15, -0.1) is 0 Å². The zero-order valence-corrected chi connectivity index (χ0v) is 25.8. The van der Waals surface area contributed by atoms with Gasteiger partial charge in [-0.25, -0.2) is 4.79 Å². The highest BCUT2D eigenvalue weighted by Crippen LogP contribution is 2.13. The fourth-order valence-corrected chi connectivity index (χ4v) is 4.66. The number of Topliss-reactive ketones (excluding diaryl/α,β-unsaturated/α-hetero) is 1. The molecule has 4 amide bonds. The van der Waals surface area contributed by atoms with E-state index in [0.29, 0.717) is 38.9 Å². The Bertz CT molecular complexity index is 900. The number of hydrogen-bond donors (Lipinski definition) is 6. The van der Waals surface area contributed by atoms with Crippen LogP contribution in [0.2, 0.25) is 0 Å². The quantitative estimate of drug-likeness (QED) is 0.0581. The second kappa shape index (κ2) is 23.2. The molecule has 0 aliphatic carbocycles. The fraction of sp³-hybridized carbons (Fsp3) is 0.710. The Labute approximate surface area is 252 Å². The van der Waals surface area contributed by atoms with Crippen LogP contribution >= 0.6 is 0 Å². The van der Waals surface area contributed by atoms with Crippen molar-refractivity contribution in [2.75, 3.05) is 19.6 Å². The molecular formula is C31H55N7O4. The molecule has 11 heteroatoms. The molecule has 0 aromatic carbocycles. The summed E-state index contributed by atoms with van der Waals surface area (Å²) in [4.78, 5) is 54.7. The van der Waals surface area contributed by atoms with Gasteiger partial charge in [0, 0.05) is 38.2 Å². The SMILES string of the molecule is CCCCCCCCCCCCNC(=O)NC(CCCN=C(N)N)C(=O)C[C@H]1/C=C/CCNC(=O)/C=C/[C@H](C)NC1=O. The Hall–Kier alpha value is -3.37. The van der Waals surface area contributed by atoms with Crippen molar-refractivity contribution in [2.24, 2.45) is 22.4 Å². The molecule has 1 aliphatic heterocycles. The summed E-state index contributed by atoms with van der Waals surface area (Å²) in [7, 11) is 0. The van der Waals surface area contributed by atoms with Gasteiger partial charge in [0.15, 0.2) is 11.7 Å². The minimum absolute atomic E-state index is 0.0329. The third kappa shape index (κ3) is 18.9. The molecule has 1 aliphatic rings. The molecule has 8 N–H and O–H groups in total. The van der Waals surface area contributed by atoms with E-state index in [1.165, 1.54) is 51.0 Å². The number of amides is 4. The van der Waals surface area contributed by atoms with Gasteiger partial charge < -0.3 is 32.7 Å². The van der Waals surface area contributed by atoms with Gasteiger partial charge in [-0.2, -0.15) is 0 Å². The third-order valence-corrected chi connectivity index (χ3v) is 7.10. The summed E-state index contributed by atoms with van der Waals surface area (Å²) >= 11 is 0. The highest BCUT2D eigenvalue weighted by atomic mass is 16.2. The zero-order valence-electron chi connectivity index (χ0n) is 25.8. The predicted octanol–water partition coefficient (Wildman–Crippen LogP) is 3.34. The number of carbonyl (C=O) groups excluding carboxylic acids is 4. The van der Waals surface area contributed by atoms with Crippen LogP contribution in [-0.4, -0.2) is 61.3 Å². The first-order valence-electron chi connectivity index (χ1n) is 15.8. The lowest BCUT2D eigenvalue weighted by Gasteiger charge is -2.21. The minimum Gasteiger partial charge on any atom is -0.370 e. The van der Waals surface area contributed by atoms with Crippen LogP contribution < -0.4 is 32.7 Å². The van der Waals surface area contributed by atoms with Crippen molar-refractivity contribution in [1.29, 1.82) is 0 Å². The maximum absolute atomic E-state index is 13.4. The molecule has 0 saturated heterocycles. The Kier molecular flexibility index (Phi) is 20.3. The van der Waals surface area contributed by atoms with Crippen molar-refractivity contribution in [3.8, 4) is 0 Å². The predicted molar refractivity (Wildman–Crippen MR) is 169 cm³/mol. The van der Waals surface area contributed by atoms with Gasteiger partial charge in [0.2, 0.25) is 11.8 Å². The van der Waals surface area contributed by atoms with Gasteiger partial charge in [0.1, 0.15) is 0 Å². The molecule has 0 saturated carbocycles. The molecule has 11 nitrogen and oxygen atoms in total. The summed E-state index contributed by atoms with van der Waals surface area (Å²) in [5.74, 6) is -1.53. The number of nitrogens with two attached hydrogens (primary N) is 2. The molecule has 1 unspecified atom stereocenters. The number of guanidine groups is 1. The Morgan fingerprint density at radius 3 is 2.33 bits per heavy atom. The Morgan fingerprint density at radius 2 is 1.67 bits per heavy atom. The van der Waals surface area contributed by atoms with E-state index in [0.717, 1.165) is 19.3 Å². The number of ketones is 1. The van der Waals surface area contributed by atoms with Crippen LogP contribution in [0.3, 0.4) is 0 Å². The summed E-state index contributed by atoms with van der Waals surface area (Å²) in [6.07, 6.45) is 19.9. The number of nitrogens with zero attached hydrogens (tertiary/aromatic N) is 1. The molecule has 42 heavy (non-hydrogen) atoms. The normalized spacial score (nSPS) is 19.7. The second-order valence-electron chi connectivity index (χ2n) is 11.0. The van der Waals surface area contributed by atoms with E-state index in [9.17, 15) is 19.2 Å². The van der Waals surface area contributed by atoms with Crippen LogP contribution in [0.1, 0.15) is 104 Å². The second-order valence-corrected chi connectivity index (χ2v) is 11.0. The van der Waals surface area contributed by atoms with Gasteiger partial charge in [-0.3, -0.25) is 19.4 Å². The average Bonchev–Trinajstić information content (AvgIpc) is 2.94. The van der Waals surface area contributed by atoms with E-state index >= 15 is 0 Å². The summed E-state index contributed by atoms with van der Waals surface area (Å²) in [5, 5.41) is 11.3. The molecule has 0 aromatic heterocycles. The van der Waals surface area contributed by atoms with Crippen molar-refractivity contribution in [2.45, 2.75) is 116 Å². The maximum Gasteiger partial charge on any atom is 0.315 e. The van der Waals surface area contributed by atoms with E-state index in [1.54, 1.807) is 25.2 Å². The van der Waals surface area contributed by atoms with Crippen molar-refractivity contribution < 1.29 is 19.2 Å². The number of carbonyl (C=O) groups is 4. The monoisotopic (exact) mass is 589 g/mol. The molecule has 0 bridgehead atoms. The van der Waals surface area contributed by atoms with Crippen molar-refractivity contribution >= 4 is 29.6 Å².